The summed E-state index contributed by atoms with van der Waals surface area (Å²) in [6.45, 7) is 0.731. The minimum atomic E-state index is -0.662. The van der Waals surface area contributed by atoms with E-state index in [1.54, 1.807) is 0 Å². The molecular formula is C12H17NO2. The van der Waals surface area contributed by atoms with Gasteiger partial charge in [-0.25, -0.2) is 0 Å². The van der Waals surface area contributed by atoms with Gasteiger partial charge in [-0.15, -0.1) is 6.42 Å². The second kappa shape index (κ2) is 4.24. The topological polar surface area (TPSA) is 40.5 Å². The molecule has 2 bridgehead atoms. The molecule has 0 radical (unpaired) electrons. The van der Waals surface area contributed by atoms with Crippen LogP contribution in [0.4, 0.5) is 0 Å². The first-order valence-electron chi connectivity index (χ1n) is 5.61. The van der Waals surface area contributed by atoms with Crippen LogP contribution in [0.3, 0.4) is 0 Å². The minimum Gasteiger partial charge on any atom is -0.481 e. The van der Waals surface area contributed by atoms with E-state index in [1.807, 2.05) is 0 Å². The van der Waals surface area contributed by atoms with E-state index < -0.39 is 5.97 Å². The van der Waals surface area contributed by atoms with Crippen LogP contribution < -0.4 is 0 Å². The zero-order valence-electron chi connectivity index (χ0n) is 8.85. The largest absolute Gasteiger partial charge is 0.481 e. The van der Waals surface area contributed by atoms with Gasteiger partial charge in [0.25, 0.3) is 0 Å². The molecule has 2 saturated heterocycles. The monoisotopic (exact) mass is 207 g/mol. The van der Waals surface area contributed by atoms with Crippen LogP contribution in [0.1, 0.15) is 32.1 Å². The van der Waals surface area contributed by atoms with Crippen LogP contribution in [0.25, 0.3) is 0 Å². The third kappa shape index (κ3) is 2.15. The molecule has 0 saturated carbocycles. The van der Waals surface area contributed by atoms with E-state index in [2.05, 4.69) is 10.8 Å². The lowest BCUT2D eigenvalue weighted by Gasteiger charge is -2.37. The van der Waals surface area contributed by atoms with Crippen molar-refractivity contribution < 1.29 is 9.90 Å². The summed E-state index contributed by atoms with van der Waals surface area (Å²) in [5.41, 5.74) is 0. The number of carboxylic acids is 1. The molecule has 82 valence electrons. The van der Waals surface area contributed by atoms with Gasteiger partial charge < -0.3 is 5.11 Å². The predicted octanol–water partition coefficient (Wildman–Crippen LogP) is 1.34. The molecule has 0 aromatic carbocycles. The Morgan fingerprint density at radius 2 is 2.00 bits per heavy atom. The van der Waals surface area contributed by atoms with E-state index in [1.165, 1.54) is 12.8 Å². The van der Waals surface area contributed by atoms with Crippen LogP contribution in [0.15, 0.2) is 0 Å². The maximum Gasteiger partial charge on any atom is 0.303 e. The van der Waals surface area contributed by atoms with Crippen molar-refractivity contribution in [3.8, 4) is 12.3 Å². The van der Waals surface area contributed by atoms with Crippen molar-refractivity contribution in [2.75, 3.05) is 6.54 Å². The highest BCUT2D eigenvalue weighted by Crippen LogP contribution is 2.39. The Balaban J connectivity index is 1.96. The molecular weight excluding hydrogens is 190 g/mol. The number of piperidine rings is 1. The lowest BCUT2D eigenvalue weighted by molar-refractivity contribution is -0.138. The van der Waals surface area contributed by atoms with E-state index in [-0.39, 0.29) is 0 Å². The number of nitrogens with zero attached hydrogens (tertiary/aromatic N) is 1. The number of terminal acetylenes is 1. The lowest BCUT2D eigenvalue weighted by Crippen LogP contribution is -2.43. The smallest absolute Gasteiger partial charge is 0.303 e. The molecule has 2 unspecified atom stereocenters. The number of carboxylic acid groups (broad SMARTS) is 1. The van der Waals surface area contributed by atoms with E-state index in [0.29, 0.717) is 24.4 Å². The first-order valence-corrected chi connectivity index (χ1v) is 5.61. The van der Waals surface area contributed by atoms with Crippen LogP contribution in [-0.4, -0.2) is 34.6 Å². The maximum absolute atomic E-state index is 10.7. The Kier molecular flexibility index (Phi) is 2.97. The van der Waals surface area contributed by atoms with Gasteiger partial charge in [-0.2, -0.15) is 0 Å². The minimum absolute atomic E-state index is 0.330. The van der Waals surface area contributed by atoms with Gasteiger partial charge in [-0.3, -0.25) is 9.69 Å². The Morgan fingerprint density at radius 3 is 2.47 bits per heavy atom. The maximum atomic E-state index is 10.7. The Hall–Kier alpha value is -1.01. The zero-order chi connectivity index (χ0) is 10.8. The molecule has 3 nitrogen and oxygen atoms in total. The van der Waals surface area contributed by atoms with Gasteiger partial charge in [0.15, 0.2) is 0 Å². The summed E-state index contributed by atoms with van der Waals surface area (Å²) in [7, 11) is 0. The second-order valence-electron chi connectivity index (χ2n) is 4.70. The Labute approximate surface area is 90.5 Å². The van der Waals surface area contributed by atoms with Crippen LogP contribution in [-0.2, 0) is 4.79 Å². The number of aliphatic carboxylic acids is 1. The van der Waals surface area contributed by atoms with Crippen molar-refractivity contribution in [1.82, 2.24) is 4.90 Å². The number of hydrogen-bond acceptors (Lipinski definition) is 2. The molecule has 2 aliphatic rings. The Morgan fingerprint density at radius 1 is 1.40 bits per heavy atom. The Bertz CT molecular complexity index is 280. The molecule has 0 spiro atoms. The second-order valence-corrected chi connectivity index (χ2v) is 4.70. The van der Waals surface area contributed by atoms with Crippen molar-refractivity contribution in [1.29, 1.82) is 0 Å². The molecule has 2 fully saturated rings. The molecule has 0 aromatic rings. The quantitative estimate of drug-likeness (QED) is 0.710. The average molecular weight is 207 g/mol. The summed E-state index contributed by atoms with van der Waals surface area (Å²) >= 11 is 0. The number of carbonyl (C=O) groups is 1. The van der Waals surface area contributed by atoms with Crippen LogP contribution in [0.2, 0.25) is 0 Å². The normalized spacial score (nSPS) is 35.0. The first-order chi connectivity index (χ1) is 7.20. The van der Waals surface area contributed by atoms with E-state index >= 15 is 0 Å². The first kappa shape index (κ1) is 10.5. The van der Waals surface area contributed by atoms with E-state index in [9.17, 15) is 4.79 Å². The predicted molar refractivity (Wildman–Crippen MR) is 57.3 cm³/mol. The summed E-state index contributed by atoms with van der Waals surface area (Å²) in [6.07, 6.45) is 10.1. The van der Waals surface area contributed by atoms with Gasteiger partial charge in [0, 0.05) is 18.5 Å². The molecule has 2 atom stereocenters. The molecule has 0 aliphatic carbocycles. The molecule has 15 heavy (non-hydrogen) atoms. The van der Waals surface area contributed by atoms with Gasteiger partial charge in [-0.1, -0.05) is 5.92 Å². The average Bonchev–Trinajstić information content (AvgIpc) is 2.43. The fraction of sp³-hybridized carbons (Fsp3) is 0.750. The van der Waals surface area contributed by atoms with Crippen molar-refractivity contribution in [3.63, 3.8) is 0 Å². The molecule has 0 amide bonds. The fourth-order valence-electron chi connectivity index (χ4n) is 3.16. The molecule has 1 N–H and O–H groups in total. The third-order valence-corrected chi connectivity index (χ3v) is 3.72. The van der Waals surface area contributed by atoms with Crippen molar-refractivity contribution in [2.45, 2.75) is 44.2 Å². The molecule has 2 heterocycles. The number of fused-ring (bicyclic) bond motifs is 2. The highest BCUT2D eigenvalue weighted by molar-refractivity contribution is 5.67. The van der Waals surface area contributed by atoms with Gasteiger partial charge >= 0.3 is 5.97 Å². The van der Waals surface area contributed by atoms with Gasteiger partial charge in [0.1, 0.15) is 0 Å². The highest BCUT2D eigenvalue weighted by atomic mass is 16.4. The highest BCUT2D eigenvalue weighted by Gasteiger charge is 2.40. The summed E-state index contributed by atoms with van der Waals surface area (Å²) in [5.74, 6) is 2.41. The van der Waals surface area contributed by atoms with Gasteiger partial charge in [-0.05, 0) is 31.6 Å². The summed E-state index contributed by atoms with van der Waals surface area (Å²) in [4.78, 5) is 13.0. The summed E-state index contributed by atoms with van der Waals surface area (Å²) in [5, 5.41) is 8.78. The van der Waals surface area contributed by atoms with Gasteiger partial charge in [0.05, 0.1) is 6.54 Å². The summed E-state index contributed by atoms with van der Waals surface area (Å²) < 4.78 is 0. The lowest BCUT2D eigenvalue weighted by atomic mass is 9.88. The summed E-state index contributed by atoms with van der Waals surface area (Å²) in [6, 6.07) is 1.09. The fourth-order valence-corrected chi connectivity index (χ4v) is 3.16. The van der Waals surface area contributed by atoms with Crippen LogP contribution in [0.5, 0.6) is 0 Å². The van der Waals surface area contributed by atoms with E-state index in [4.69, 9.17) is 11.5 Å². The van der Waals surface area contributed by atoms with Crippen LogP contribution in [0, 0.1) is 18.3 Å². The number of hydrogen-bond donors (Lipinski definition) is 1. The van der Waals surface area contributed by atoms with Crippen molar-refractivity contribution >= 4 is 5.97 Å². The molecule has 0 aromatic heterocycles. The van der Waals surface area contributed by atoms with E-state index in [0.717, 1.165) is 19.4 Å². The standard InChI is InChI=1S/C12H17NO2/c1-2-5-13-10-3-4-11(13)7-9(6-10)8-12(14)15/h1,9-11H,3-8H2,(H,14,15). The van der Waals surface area contributed by atoms with Crippen LogP contribution >= 0.6 is 0 Å². The zero-order valence-corrected chi connectivity index (χ0v) is 8.85. The van der Waals surface area contributed by atoms with Crippen molar-refractivity contribution in [2.24, 2.45) is 5.92 Å². The van der Waals surface area contributed by atoms with Crippen molar-refractivity contribution in [3.05, 3.63) is 0 Å². The SMILES string of the molecule is C#CCN1C2CCC1CC(CC(=O)O)C2. The molecule has 2 aliphatic heterocycles. The van der Waals surface area contributed by atoms with Gasteiger partial charge in [0.2, 0.25) is 0 Å². The molecule has 3 heteroatoms. The molecule has 2 rings (SSSR count). The number of rotatable bonds is 3. The third-order valence-electron chi connectivity index (χ3n) is 3.72.